The van der Waals surface area contributed by atoms with Crippen molar-refractivity contribution in [3.8, 4) is 0 Å². The lowest BCUT2D eigenvalue weighted by Crippen LogP contribution is -2.67. The zero-order valence-corrected chi connectivity index (χ0v) is 64.5. The summed E-state index contributed by atoms with van der Waals surface area (Å²) in [5, 5.41) is 128. The minimum absolute atomic E-state index is 0.0567. The van der Waals surface area contributed by atoms with Crippen LogP contribution in [-0.4, -0.2) is 327 Å². The first-order valence-corrected chi connectivity index (χ1v) is 40.6. The Labute approximate surface area is 643 Å². The maximum absolute atomic E-state index is 14.4. The molecule has 4 saturated carbocycles. The molecule has 628 valence electrons. The quantitative estimate of drug-likeness (QED) is 0.0314. The molecule has 0 bridgehead atoms. The third-order valence-corrected chi connectivity index (χ3v) is 24.4. The Morgan fingerprint density at radius 2 is 0.791 bits per heavy atom. The number of nitrogens with zero attached hydrogens (tertiary/aromatic N) is 2. The van der Waals surface area contributed by atoms with Crippen LogP contribution >= 0.6 is 0 Å². The summed E-state index contributed by atoms with van der Waals surface area (Å²) in [6.45, 7) is 9.67. The fraction of sp³-hybridized carbons (Fsp3) is 0.907. The van der Waals surface area contributed by atoms with Crippen LogP contribution in [0, 0.1) is 35.5 Å². The highest BCUT2D eigenvalue weighted by Crippen LogP contribution is 2.43. The summed E-state index contributed by atoms with van der Waals surface area (Å²) in [6.07, 6.45) is -19.6. The van der Waals surface area contributed by atoms with E-state index in [0.717, 1.165) is 77.0 Å². The number of rotatable bonds is 32. The van der Waals surface area contributed by atoms with Crippen molar-refractivity contribution in [2.75, 3.05) is 65.6 Å². The summed E-state index contributed by atoms with van der Waals surface area (Å²) in [7, 11) is 0. The predicted octanol–water partition coefficient (Wildman–Crippen LogP) is -2.34. The summed E-state index contributed by atoms with van der Waals surface area (Å²) in [5.74, 6) is -4.86. The van der Waals surface area contributed by atoms with Crippen molar-refractivity contribution in [3.63, 3.8) is 0 Å². The molecule has 6 saturated heterocycles. The number of ether oxygens (including phenoxy) is 10. The van der Waals surface area contributed by atoms with Crippen molar-refractivity contribution in [1.82, 2.24) is 41.7 Å². The Balaban J connectivity index is 0.779. The Hall–Kier alpha value is -4.71. The molecule has 110 heavy (non-hydrogen) atoms. The van der Waals surface area contributed by atoms with Crippen molar-refractivity contribution in [3.05, 3.63) is 0 Å². The third-order valence-electron chi connectivity index (χ3n) is 24.4. The standard InChI is InChI=1S/C75H126N8O27/c1-7-43-31-45(33-47(63(43)109-73-61(94)59(92)55(88)37(3)101-73)105-71-53(80-39(5)86)65(57(90)51(35-84)107-71)103-49(69(98)82-25-15-26-82)29-41-17-11-9-12-18-41)67(96)76-21-23-78-75(100)79-24-22-77-68(97)46-32-44(8-2)64(110-74-62(95)60(93)56(89)38(4)102-74)48(34-46)106-72-54(81-40(6)87)66(58(91)52(36-85)108-72)104-50(70(99)83-27-16-28-83)30-42-19-13-10-14-20-42/h37-38,41-66,71-74,84-85,88-95H,7-36H2,1-6H3,(H,76,96)(H,77,97)(H,80,86)(H,81,87)(H2,78,79,100)/t37-,38-,43-,44-,45+,46+,47+,48+,49-,50-,51+,52+,53+,54+,55+,56+,57-,58-,59+,60+,61-,62-,63+,64+,65+,66+,71+,72+,73-,74-/m0/s1. The minimum atomic E-state index is -1.73. The van der Waals surface area contributed by atoms with Crippen LogP contribution in [0.4, 0.5) is 4.79 Å². The molecule has 6 aliphatic heterocycles. The van der Waals surface area contributed by atoms with Gasteiger partial charge in [0.15, 0.2) is 25.2 Å². The smallest absolute Gasteiger partial charge is 0.314 e. The van der Waals surface area contributed by atoms with E-state index < -0.39 is 226 Å². The average Bonchev–Trinajstić information content (AvgIpc) is 0.778. The van der Waals surface area contributed by atoms with Crippen LogP contribution in [0.15, 0.2) is 0 Å². The topological polar surface area (TPSA) is 493 Å². The zero-order chi connectivity index (χ0) is 79.2. The third kappa shape index (κ3) is 22.1. The van der Waals surface area contributed by atoms with Gasteiger partial charge in [-0.15, -0.1) is 0 Å². The second-order valence-electron chi connectivity index (χ2n) is 32.3. The zero-order valence-electron chi connectivity index (χ0n) is 64.5. The van der Waals surface area contributed by atoms with E-state index >= 15 is 0 Å². The molecule has 10 rings (SSSR count). The van der Waals surface area contributed by atoms with Gasteiger partial charge in [0.1, 0.15) is 97.5 Å². The lowest BCUT2D eigenvalue weighted by Gasteiger charge is -2.49. The number of aliphatic hydroxyl groups excluding tert-OH is 10. The number of carbonyl (C=O) groups is 7. The van der Waals surface area contributed by atoms with Gasteiger partial charge in [0.05, 0.1) is 49.8 Å². The number of hydrogen-bond acceptors (Lipinski definition) is 27. The van der Waals surface area contributed by atoms with E-state index in [1.54, 1.807) is 9.80 Å². The monoisotopic (exact) mass is 1570 g/mol. The van der Waals surface area contributed by atoms with Crippen LogP contribution in [0.5, 0.6) is 0 Å². The average molecular weight is 1570 g/mol. The van der Waals surface area contributed by atoms with Gasteiger partial charge in [-0.25, -0.2) is 4.79 Å². The molecule has 0 spiro atoms. The Kier molecular flexibility index (Phi) is 32.9. The summed E-state index contributed by atoms with van der Waals surface area (Å²) >= 11 is 0. The molecule has 4 aliphatic carbocycles. The van der Waals surface area contributed by atoms with Gasteiger partial charge in [0.25, 0.3) is 11.8 Å². The van der Waals surface area contributed by atoms with Gasteiger partial charge in [-0.3, -0.25) is 28.8 Å². The lowest BCUT2D eigenvalue weighted by molar-refractivity contribution is -0.338. The summed E-state index contributed by atoms with van der Waals surface area (Å²) in [4.78, 5) is 100. The summed E-state index contributed by atoms with van der Waals surface area (Å²) in [5.41, 5.74) is 0. The molecule has 0 aromatic heterocycles. The van der Waals surface area contributed by atoms with Crippen molar-refractivity contribution >= 4 is 41.5 Å². The Bertz CT molecular complexity index is 2770. The van der Waals surface area contributed by atoms with Gasteiger partial charge in [-0.2, -0.15) is 0 Å². The number of aliphatic hydroxyl groups is 10. The van der Waals surface area contributed by atoms with E-state index in [0.29, 0.717) is 51.9 Å². The van der Waals surface area contributed by atoms with Crippen LogP contribution < -0.4 is 31.9 Å². The van der Waals surface area contributed by atoms with Gasteiger partial charge in [0.2, 0.25) is 23.6 Å². The van der Waals surface area contributed by atoms with E-state index in [1.807, 2.05) is 13.8 Å². The van der Waals surface area contributed by atoms with E-state index in [9.17, 15) is 84.6 Å². The predicted molar refractivity (Wildman–Crippen MR) is 385 cm³/mol. The SMILES string of the molecule is CC[C@H]1C[C@@H](C(=O)NCCNC(=O)NCCNC(=O)[C@@H]2C[C@H](CC)[C@@H](O[C@@H]3O[C@@H](C)[C@@H](O)[C@@H](O)[C@@H]3O)[C@H](O[C@@H]3O[C@H](CO)[C@H](O)[C@H](O[C@@H](CC4CCCCC4)C(=O)N4CCC4)[C@H]3NC(C)=O)C2)C[C@@H](O[C@@H]2O[C@H](CO)[C@H](O)[C@H](O[C@@H](CC3CCCCC3)C(=O)N3CCC3)[C@H]2NC(C)=O)[C@@H]1O[C@@H]1O[C@@H](C)[C@@H](O)[C@@H](O)[C@@H]1O. The highest BCUT2D eigenvalue weighted by Gasteiger charge is 2.56. The number of hydrogen-bond donors (Lipinski definition) is 16. The molecule has 0 unspecified atom stereocenters. The Morgan fingerprint density at radius 1 is 0.427 bits per heavy atom. The lowest BCUT2D eigenvalue weighted by atomic mass is 9.75. The van der Waals surface area contributed by atoms with Crippen molar-refractivity contribution in [2.45, 2.75) is 329 Å². The highest BCUT2D eigenvalue weighted by atomic mass is 16.7. The molecule has 35 nitrogen and oxygen atoms in total. The van der Waals surface area contributed by atoms with Crippen LogP contribution in [0.25, 0.3) is 0 Å². The maximum atomic E-state index is 14.4. The molecule has 10 aliphatic rings. The molecular formula is C75H126N8O27. The molecule has 8 amide bonds. The van der Waals surface area contributed by atoms with Crippen molar-refractivity contribution in [1.29, 1.82) is 0 Å². The van der Waals surface area contributed by atoms with Gasteiger partial charge in [0, 0.05) is 78.0 Å². The minimum Gasteiger partial charge on any atom is -0.394 e. The van der Waals surface area contributed by atoms with Crippen LogP contribution in [0.1, 0.15) is 170 Å². The van der Waals surface area contributed by atoms with E-state index in [1.165, 1.54) is 27.7 Å². The van der Waals surface area contributed by atoms with Crippen LogP contribution in [0.3, 0.4) is 0 Å². The van der Waals surface area contributed by atoms with E-state index in [-0.39, 0.29) is 75.5 Å². The maximum Gasteiger partial charge on any atom is 0.314 e. The van der Waals surface area contributed by atoms with Gasteiger partial charge < -0.3 is 140 Å². The second-order valence-corrected chi connectivity index (χ2v) is 32.3. The first-order chi connectivity index (χ1) is 52.7. The van der Waals surface area contributed by atoms with Crippen molar-refractivity contribution < 1.29 is 132 Å². The number of urea groups is 1. The van der Waals surface area contributed by atoms with Crippen LogP contribution in [0.2, 0.25) is 0 Å². The number of carbonyl (C=O) groups excluding carboxylic acids is 7. The van der Waals surface area contributed by atoms with Gasteiger partial charge in [-0.1, -0.05) is 90.9 Å². The number of amides is 8. The number of nitrogens with one attached hydrogen (secondary N) is 6. The fourth-order valence-corrected chi connectivity index (χ4v) is 17.7. The van der Waals surface area contributed by atoms with Crippen molar-refractivity contribution in [2.24, 2.45) is 35.5 Å². The first kappa shape index (κ1) is 87.7. The highest BCUT2D eigenvalue weighted by molar-refractivity contribution is 5.83. The largest absolute Gasteiger partial charge is 0.394 e. The molecule has 0 aromatic carbocycles. The van der Waals surface area contributed by atoms with Gasteiger partial charge >= 0.3 is 6.03 Å². The normalized spacial score (nSPS) is 39.2. The molecule has 10 fully saturated rings. The molecular weight excluding hydrogens is 1440 g/mol. The van der Waals surface area contributed by atoms with E-state index in [2.05, 4.69) is 31.9 Å². The van der Waals surface area contributed by atoms with Crippen LogP contribution in [-0.2, 0) is 76.1 Å². The fourth-order valence-electron chi connectivity index (χ4n) is 17.7. The summed E-state index contributed by atoms with van der Waals surface area (Å²) in [6, 6.07) is -3.25. The molecule has 16 N–H and O–H groups in total. The van der Waals surface area contributed by atoms with Gasteiger partial charge in [-0.05, 0) is 88.9 Å². The van der Waals surface area contributed by atoms with E-state index in [4.69, 9.17) is 47.4 Å². The molecule has 0 aromatic rings. The number of likely N-dealkylation sites (tertiary alicyclic amines) is 2. The first-order valence-electron chi connectivity index (χ1n) is 40.6. The Morgan fingerprint density at radius 3 is 1.12 bits per heavy atom. The molecule has 6 heterocycles. The molecule has 30 atom stereocenters. The second kappa shape index (κ2) is 41.2. The molecule has 35 heteroatoms. The summed E-state index contributed by atoms with van der Waals surface area (Å²) < 4.78 is 64.6. The molecule has 0 radical (unpaired) electrons.